The number of carbonyl (C=O) groups excluding carboxylic acids is 1. The number of hydrogen-bond donors (Lipinski definition) is 2. The highest BCUT2D eigenvalue weighted by atomic mass is 35.5. The summed E-state index contributed by atoms with van der Waals surface area (Å²) in [6.07, 6.45) is -2.74. The number of pyridine rings is 1. The second-order valence-electron chi connectivity index (χ2n) is 6.79. The first-order valence-electron chi connectivity index (χ1n) is 8.99. The van der Waals surface area contributed by atoms with Crippen LogP contribution in [0.3, 0.4) is 0 Å². The Morgan fingerprint density at radius 2 is 1.96 bits per heavy atom. The lowest BCUT2D eigenvalue weighted by atomic mass is 10.1. The maximum Gasteiger partial charge on any atom is 0.418 e. The molecule has 1 amide bonds. The summed E-state index contributed by atoms with van der Waals surface area (Å²) >= 11 is 5.68. The summed E-state index contributed by atoms with van der Waals surface area (Å²) < 4.78 is 39.6. The first kappa shape index (κ1) is 20.4. The molecule has 1 aromatic carbocycles. The Labute approximate surface area is 166 Å². The number of aromatic nitrogens is 1. The molecule has 3 N–H and O–H groups in total. The molecule has 0 unspecified atom stereocenters. The van der Waals surface area contributed by atoms with Crippen LogP contribution in [-0.4, -0.2) is 38.1 Å². The van der Waals surface area contributed by atoms with E-state index in [-0.39, 0.29) is 10.7 Å². The quantitative estimate of drug-likeness (QED) is 0.803. The second-order valence-corrected chi connectivity index (χ2v) is 7.23. The van der Waals surface area contributed by atoms with Gasteiger partial charge in [0.05, 0.1) is 17.4 Å². The van der Waals surface area contributed by atoms with Gasteiger partial charge in [-0.1, -0.05) is 17.7 Å². The van der Waals surface area contributed by atoms with Crippen LogP contribution in [0.5, 0.6) is 0 Å². The predicted octanol–water partition coefficient (Wildman–Crippen LogP) is 1.91. The molecule has 0 bridgehead atoms. The van der Waals surface area contributed by atoms with E-state index in [2.05, 4.69) is 15.2 Å². The van der Waals surface area contributed by atoms with Gasteiger partial charge in [0.1, 0.15) is 26.2 Å². The van der Waals surface area contributed by atoms with Gasteiger partial charge >= 0.3 is 6.18 Å². The van der Waals surface area contributed by atoms with Gasteiger partial charge in [0.25, 0.3) is 11.7 Å². The van der Waals surface area contributed by atoms with Crippen LogP contribution in [0.1, 0.15) is 12.5 Å². The highest BCUT2D eigenvalue weighted by molar-refractivity contribution is 6.30. The molecule has 0 radical (unpaired) electrons. The van der Waals surface area contributed by atoms with E-state index in [0.29, 0.717) is 13.1 Å². The smallest absolute Gasteiger partial charge is 0.320 e. The standard InChI is InChI=1S/C19H20ClF3N4O/c1-13(26-8-10-27(11-9-26)17-4-2-3-7-24-17)18(28)25-16-6-5-14(20)12-15(16)19(21,22)23/h2-7,12-13H,8-11H2,1H3,(H,25,28)/p+2/t13-/m1/s1. The van der Waals surface area contributed by atoms with Gasteiger partial charge in [0.15, 0.2) is 6.04 Å². The van der Waals surface area contributed by atoms with Crippen molar-refractivity contribution in [2.24, 2.45) is 0 Å². The number of hydrogen-bond acceptors (Lipinski definition) is 2. The van der Waals surface area contributed by atoms with Crippen molar-refractivity contribution in [3.8, 4) is 0 Å². The zero-order chi connectivity index (χ0) is 20.3. The minimum Gasteiger partial charge on any atom is -0.320 e. The fourth-order valence-corrected chi connectivity index (χ4v) is 3.51. The first-order chi connectivity index (χ1) is 13.3. The number of rotatable bonds is 4. The molecule has 0 aliphatic carbocycles. The average molecular weight is 415 g/mol. The molecule has 1 saturated heterocycles. The van der Waals surface area contributed by atoms with E-state index in [9.17, 15) is 18.0 Å². The molecular formula is C19H22ClF3N4O+2. The molecule has 1 aliphatic heterocycles. The summed E-state index contributed by atoms with van der Waals surface area (Å²) in [5.74, 6) is 0.567. The Morgan fingerprint density at radius 3 is 2.57 bits per heavy atom. The molecule has 150 valence electrons. The van der Waals surface area contributed by atoms with Crippen LogP contribution < -0.4 is 20.1 Å². The maximum absolute atomic E-state index is 13.2. The predicted molar refractivity (Wildman–Crippen MR) is 100 cm³/mol. The van der Waals surface area contributed by atoms with Gasteiger partial charge in [0, 0.05) is 11.1 Å². The van der Waals surface area contributed by atoms with Crippen molar-refractivity contribution in [1.29, 1.82) is 0 Å². The second kappa shape index (κ2) is 8.36. The van der Waals surface area contributed by atoms with Crippen LogP contribution in [0.15, 0.2) is 42.6 Å². The van der Waals surface area contributed by atoms with Gasteiger partial charge in [-0.2, -0.15) is 13.2 Å². The number of benzene rings is 1. The van der Waals surface area contributed by atoms with Crippen molar-refractivity contribution in [3.05, 3.63) is 53.2 Å². The number of piperazine rings is 1. The Bertz CT molecular complexity index is 824. The summed E-state index contributed by atoms with van der Waals surface area (Å²) in [5, 5.41) is 2.40. The van der Waals surface area contributed by atoms with E-state index in [4.69, 9.17) is 11.6 Å². The van der Waals surface area contributed by atoms with Crippen molar-refractivity contribution < 1.29 is 27.8 Å². The Kier molecular flexibility index (Phi) is 6.10. The minimum absolute atomic E-state index is 0.0298. The van der Waals surface area contributed by atoms with Gasteiger partial charge in [-0.3, -0.25) is 9.69 Å². The average Bonchev–Trinajstić information content (AvgIpc) is 2.68. The lowest BCUT2D eigenvalue weighted by Crippen LogP contribution is -3.19. The molecule has 0 spiro atoms. The van der Waals surface area contributed by atoms with E-state index in [1.165, 1.54) is 12.1 Å². The highest BCUT2D eigenvalue weighted by Crippen LogP contribution is 2.36. The van der Waals surface area contributed by atoms with Gasteiger partial charge in [0.2, 0.25) is 0 Å². The number of halogens is 4. The Balaban J connectivity index is 1.63. The molecular weight excluding hydrogens is 393 g/mol. The van der Waals surface area contributed by atoms with E-state index in [1.54, 1.807) is 6.92 Å². The number of aromatic amines is 1. The van der Waals surface area contributed by atoms with Crippen LogP contribution >= 0.6 is 11.6 Å². The monoisotopic (exact) mass is 414 g/mol. The fourth-order valence-electron chi connectivity index (χ4n) is 3.33. The van der Waals surface area contributed by atoms with Gasteiger partial charge in [-0.15, -0.1) is 0 Å². The molecule has 1 atom stereocenters. The molecule has 5 nitrogen and oxygen atoms in total. The molecule has 9 heteroatoms. The van der Waals surface area contributed by atoms with Crippen LogP contribution in [0.25, 0.3) is 0 Å². The number of nitrogens with zero attached hydrogens (tertiary/aromatic N) is 1. The van der Waals surface area contributed by atoms with Crippen molar-refractivity contribution in [1.82, 2.24) is 0 Å². The third-order valence-electron chi connectivity index (χ3n) is 4.99. The summed E-state index contributed by atoms with van der Waals surface area (Å²) in [5.41, 5.74) is -1.22. The lowest BCUT2D eigenvalue weighted by Gasteiger charge is -2.31. The molecule has 2 aromatic rings. The Morgan fingerprint density at radius 1 is 1.25 bits per heavy atom. The molecule has 1 fully saturated rings. The van der Waals surface area contributed by atoms with E-state index < -0.39 is 23.7 Å². The van der Waals surface area contributed by atoms with Crippen molar-refractivity contribution in [2.75, 3.05) is 36.4 Å². The van der Waals surface area contributed by atoms with Crippen molar-refractivity contribution in [3.63, 3.8) is 0 Å². The van der Waals surface area contributed by atoms with Crippen LogP contribution in [0, 0.1) is 0 Å². The summed E-state index contributed by atoms with van der Waals surface area (Å²) in [7, 11) is 0. The van der Waals surface area contributed by atoms with Crippen molar-refractivity contribution >= 4 is 29.0 Å². The first-order valence-corrected chi connectivity index (χ1v) is 9.37. The number of carbonyl (C=O) groups is 1. The molecule has 1 aliphatic rings. The summed E-state index contributed by atoms with van der Waals surface area (Å²) in [6.45, 7) is 4.66. The summed E-state index contributed by atoms with van der Waals surface area (Å²) in [4.78, 5) is 19.0. The normalized spacial score (nSPS) is 16.7. The molecule has 2 heterocycles. The molecule has 28 heavy (non-hydrogen) atoms. The zero-order valence-corrected chi connectivity index (χ0v) is 16.1. The van der Waals surface area contributed by atoms with Crippen LogP contribution in [-0.2, 0) is 11.0 Å². The van der Waals surface area contributed by atoms with E-state index >= 15 is 0 Å². The SMILES string of the molecule is C[C@H](C(=O)Nc1ccc(Cl)cc1C(F)(F)F)[NH+]1CCN(c2cccc[nH+]2)CC1. The van der Waals surface area contributed by atoms with E-state index in [1.807, 2.05) is 24.4 Å². The van der Waals surface area contributed by atoms with Gasteiger partial charge in [-0.05, 0) is 31.2 Å². The van der Waals surface area contributed by atoms with Crippen molar-refractivity contribution in [2.45, 2.75) is 19.1 Å². The third kappa shape index (κ3) is 4.74. The maximum atomic E-state index is 13.2. The number of anilines is 2. The molecule has 0 saturated carbocycles. The summed E-state index contributed by atoms with van der Waals surface area (Å²) in [6, 6.07) is 8.71. The van der Waals surface area contributed by atoms with Gasteiger partial charge in [-0.25, -0.2) is 4.98 Å². The molecule has 3 rings (SSSR count). The highest BCUT2D eigenvalue weighted by Gasteiger charge is 2.36. The topological polar surface area (TPSA) is 50.9 Å². The minimum atomic E-state index is -4.60. The Hall–Kier alpha value is -2.32. The number of H-pyrrole nitrogens is 1. The third-order valence-corrected chi connectivity index (χ3v) is 5.22. The van der Waals surface area contributed by atoms with Crippen LogP contribution in [0.4, 0.5) is 24.7 Å². The number of alkyl halides is 3. The number of amides is 1. The number of nitrogens with one attached hydrogen (secondary N) is 3. The lowest BCUT2D eigenvalue weighted by molar-refractivity contribution is -0.914. The number of quaternary nitrogens is 1. The zero-order valence-electron chi connectivity index (χ0n) is 15.3. The largest absolute Gasteiger partial charge is 0.418 e. The molecule has 1 aromatic heterocycles. The van der Waals surface area contributed by atoms with Gasteiger partial charge < -0.3 is 10.2 Å². The van der Waals surface area contributed by atoms with E-state index in [0.717, 1.165) is 29.9 Å². The fraction of sp³-hybridized carbons (Fsp3) is 0.368. The van der Waals surface area contributed by atoms with Crippen LogP contribution in [0.2, 0.25) is 5.02 Å².